The van der Waals surface area contributed by atoms with Gasteiger partial charge in [0.15, 0.2) is 5.78 Å². The normalized spacial score (nSPS) is 10.5. The monoisotopic (exact) mass is 259 g/mol. The van der Waals surface area contributed by atoms with E-state index in [2.05, 4.69) is 0 Å². The topological polar surface area (TPSA) is 69.4 Å². The number of carbonyl (C=O) groups excluding carboxylic acids is 1. The van der Waals surface area contributed by atoms with E-state index in [4.69, 9.17) is 4.74 Å². The van der Waals surface area contributed by atoms with E-state index >= 15 is 0 Å². The molecular weight excluding hydrogens is 248 g/mol. The first-order valence-corrected chi connectivity index (χ1v) is 5.12. The Morgan fingerprint density at radius 3 is 2.50 bits per heavy atom. The molecule has 0 aliphatic carbocycles. The van der Waals surface area contributed by atoms with Crippen LogP contribution in [0.1, 0.15) is 36.2 Å². The first-order valence-electron chi connectivity index (χ1n) is 5.12. The molecule has 0 radical (unpaired) electrons. The summed E-state index contributed by atoms with van der Waals surface area (Å²) < 4.78 is 30.2. The first kappa shape index (κ1) is 14.0. The van der Waals surface area contributed by atoms with Gasteiger partial charge < -0.3 is 4.74 Å². The SMILES string of the molecule is CCOc1cc(C(F)F)cc([N+](=O)[O-])c1C(C)=O. The van der Waals surface area contributed by atoms with Crippen LogP contribution >= 0.6 is 0 Å². The molecule has 7 heteroatoms. The van der Waals surface area contributed by atoms with Crippen LogP contribution in [0.15, 0.2) is 12.1 Å². The van der Waals surface area contributed by atoms with Crippen LogP contribution in [0.4, 0.5) is 14.5 Å². The van der Waals surface area contributed by atoms with Gasteiger partial charge in [-0.1, -0.05) is 0 Å². The highest BCUT2D eigenvalue weighted by atomic mass is 19.3. The minimum Gasteiger partial charge on any atom is -0.493 e. The van der Waals surface area contributed by atoms with E-state index in [-0.39, 0.29) is 17.9 Å². The number of benzene rings is 1. The molecule has 0 unspecified atom stereocenters. The standard InChI is InChI=1S/C11H11F2NO4/c1-3-18-9-5-7(11(12)13)4-8(14(16)17)10(9)6(2)15/h4-5,11H,3H2,1-2H3. The number of halogens is 2. The quantitative estimate of drug-likeness (QED) is 0.462. The van der Waals surface area contributed by atoms with E-state index in [1.165, 1.54) is 0 Å². The van der Waals surface area contributed by atoms with Gasteiger partial charge in [0.25, 0.3) is 12.1 Å². The fourth-order valence-corrected chi connectivity index (χ4v) is 1.51. The van der Waals surface area contributed by atoms with Crippen molar-refractivity contribution in [1.82, 2.24) is 0 Å². The minimum atomic E-state index is -2.87. The predicted molar refractivity (Wildman–Crippen MR) is 59.2 cm³/mol. The van der Waals surface area contributed by atoms with Crippen LogP contribution in [0.2, 0.25) is 0 Å². The second kappa shape index (κ2) is 5.52. The summed E-state index contributed by atoms with van der Waals surface area (Å²) in [6.07, 6.45) is -2.87. The zero-order valence-corrected chi connectivity index (χ0v) is 9.78. The number of carbonyl (C=O) groups is 1. The molecule has 0 saturated carbocycles. The molecule has 0 amide bonds. The molecule has 0 spiro atoms. The molecule has 0 saturated heterocycles. The number of hydrogen-bond acceptors (Lipinski definition) is 4. The molecule has 1 aromatic rings. The van der Waals surface area contributed by atoms with Crippen LogP contribution in [0.3, 0.4) is 0 Å². The average molecular weight is 259 g/mol. The highest BCUT2D eigenvalue weighted by Gasteiger charge is 2.26. The fraction of sp³-hybridized carbons (Fsp3) is 0.364. The van der Waals surface area contributed by atoms with Crippen LogP contribution < -0.4 is 4.74 Å². The molecule has 0 N–H and O–H groups in total. The molecule has 0 fully saturated rings. The summed E-state index contributed by atoms with van der Waals surface area (Å²) in [5.74, 6) is -0.791. The molecule has 0 aliphatic heterocycles. The molecule has 1 aromatic carbocycles. The van der Waals surface area contributed by atoms with E-state index in [9.17, 15) is 23.7 Å². The van der Waals surface area contributed by atoms with Gasteiger partial charge in [-0.05, 0) is 19.9 Å². The van der Waals surface area contributed by atoms with Crippen molar-refractivity contribution in [2.24, 2.45) is 0 Å². The molecular formula is C11H11F2NO4. The van der Waals surface area contributed by atoms with Crippen molar-refractivity contribution < 1.29 is 23.2 Å². The van der Waals surface area contributed by atoms with Gasteiger partial charge in [0.05, 0.1) is 11.5 Å². The Bertz CT molecular complexity index is 488. The Morgan fingerprint density at radius 2 is 2.11 bits per heavy atom. The third-order valence-corrected chi connectivity index (χ3v) is 2.20. The highest BCUT2D eigenvalue weighted by Crippen LogP contribution is 2.34. The number of hydrogen-bond donors (Lipinski definition) is 0. The molecule has 0 aliphatic rings. The number of Topliss-reactive ketones (excluding diaryl/α,β-unsaturated/α-hetero) is 1. The number of alkyl halides is 2. The van der Waals surface area contributed by atoms with Gasteiger partial charge in [0, 0.05) is 11.6 Å². The van der Waals surface area contributed by atoms with E-state index < -0.39 is 28.4 Å². The Morgan fingerprint density at radius 1 is 1.50 bits per heavy atom. The van der Waals surface area contributed by atoms with Gasteiger partial charge in [0.1, 0.15) is 11.3 Å². The lowest BCUT2D eigenvalue weighted by Gasteiger charge is -2.10. The van der Waals surface area contributed by atoms with Gasteiger partial charge in [-0.15, -0.1) is 0 Å². The van der Waals surface area contributed by atoms with Crippen molar-refractivity contribution in [3.8, 4) is 5.75 Å². The van der Waals surface area contributed by atoms with Crippen molar-refractivity contribution in [3.63, 3.8) is 0 Å². The lowest BCUT2D eigenvalue weighted by atomic mass is 10.0. The largest absolute Gasteiger partial charge is 0.493 e. The lowest BCUT2D eigenvalue weighted by molar-refractivity contribution is -0.385. The lowest BCUT2D eigenvalue weighted by Crippen LogP contribution is -2.06. The third-order valence-electron chi connectivity index (χ3n) is 2.20. The van der Waals surface area contributed by atoms with Gasteiger partial charge >= 0.3 is 0 Å². The average Bonchev–Trinajstić information content (AvgIpc) is 2.27. The summed E-state index contributed by atoms with van der Waals surface area (Å²) in [4.78, 5) is 21.3. The van der Waals surface area contributed by atoms with E-state index in [0.717, 1.165) is 13.0 Å². The number of nitrogens with zero attached hydrogens (tertiary/aromatic N) is 1. The second-order valence-corrected chi connectivity index (χ2v) is 3.46. The smallest absolute Gasteiger partial charge is 0.284 e. The molecule has 0 atom stereocenters. The van der Waals surface area contributed by atoms with Crippen LogP contribution in [0.25, 0.3) is 0 Å². The first-order chi connectivity index (χ1) is 8.38. The number of ether oxygens (including phenoxy) is 1. The van der Waals surface area contributed by atoms with Crippen molar-refractivity contribution >= 4 is 11.5 Å². The predicted octanol–water partition coefficient (Wildman–Crippen LogP) is 3.13. The van der Waals surface area contributed by atoms with Crippen LogP contribution in [0.5, 0.6) is 5.75 Å². The summed E-state index contributed by atoms with van der Waals surface area (Å²) in [5.41, 5.74) is -1.50. The summed E-state index contributed by atoms with van der Waals surface area (Å²) in [7, 11) is 0. The van der Waals surface area contributed by atoms with Gasteiger partial charge in [-0.2, -0.15) is 0 Å². The number of ketones is 1. The maximum absolute atomic E-state index is 12.6. The Labute approximate surface area is 102 Å². The highest BCUT2D eigenvalue weighted by molar-refractivity contribution is 6.01. The zero-order valence-electron chi connectivity index (χ0n) is 9.78. The second-order valence-electron chi connectivity index (χ2n) is 3.46. The summed E-state index contributed by atoms with van der Waals surface area (Å²) >= 11 is 0. The maximum Gasteiger partial charge on any atom is 0.284 e. The Balaban J connectivity index is 3.54. The van der Waals surface area contributed by atoms with E-state index in [1.54, 1.807) is 6.92 Å². The van der Waals surface area contributed by atoms with Crippen molar-refractivity contribution in [2.75, 3.05) is 6.61 Å². The molecule has 0 heterocycles. The number of nitro groups is 1. The van der Waals surface area contributed by atoms with E-state index in [0.29, 0.717) is 6.07 Å². The zero-order chi connectivity index (χ0) is 13.9. The molecule has 18 heavy (non-hydrogen) atoms. The minimum absolute atomic E-state index is 0.115. The van der Waals surface area contributed by atoms with Gasteiger partial charge in [0.2, 0.25) is 0 Å². The van der Waals surface area contributed by atoms with Gasteiger partial charge in [-0.25, -0.2) is 8.78 Å². The summed E-state index contributed by atoms with van der Waals surface area (Å²) in [6, 6.07) is 1.65. The van der Waals surface area contributed by atoms with Crippen LogP contribution in [0, 0.1) is 10.1 Å². The van der Waals surface area contributed by atoms with Crippen molar-refractivity contribution in [1.29, 1.82) is 0 Å². The molecule has 0 aromatic heterocycles. The summed E-state index contributed by atoms with van der Waals surface area (Å²) in [5, 5.41) is 10.8. The molecule has 1 rings (SSSR count). The van der Waals surface area contributed by atoms with Crippen LogP contribution in [-0.4, -0.2) is 17.3 Å². The molecule has 0 bridgehead atoms. The Hall–Kier alpha value is -2.05. The molecule has 5 nitrogen and oxygen atoms in total. The van der Waals surface area contributed by atoms with Crippen molar-refractivity contribution in [2.45, 2.75) is 20.3 Å². The van der Waals surface area contributed by atoms with Gasteiger partial charge in [-0.3, -0.25) is 14.9 Å². The van der Waals surface area contributed by atoms with Crippen molar-refractivity contribution in [3.05, 3.63) is 33.4 Å². The fourth-order valence-electron chi connectivity index (χ4n) is 1.51. The van der Waals surface area contributed by atoms with E-state index in [1.807, 2.05) is 0 Å². The van der Waals surface area contributed by atoms with Crippen LogP contribution in [-0.2, 0) is 0 Å². The third kappa shape index (κ3) is 2.79. The molecule has 98 valence electrons. The number of nitro benzene ring substituents is 1. The number of rotatable bonds is 5. The Kier molecular flexibility index (Phi) is 4.30. The summed E-state index contributed by atoms with van der Waals surface area (Å²) in [6.45, 7) is 2.82. The maximum atomic E-state index is 12.6.